The Morgan fingerprint density at radius 3 is 1.40 bits per heavy atom. The van der Waals surface area contributed by atoms with Gasteiger partial charge in [-0.3, -0.25) is 13.8 Å². The van der Waals surface area contributed by atoms with Crippen LogP contribution in [0.1, 0.15) is 194 Å². The van der Waals surface area contributed by atoms with E-state index in [4.69, 9.17) is 9.05 Å². The van der Waals surface area contributed by atoms with Crippen LogP contribution in [-0.2, 0) is 18.4 Å². The summed E-state index contributed by atoms with van der Waals surface area (Å²) in [5.41, 5.74) is 0. The molecule has 0 radical (unpaired) electrons. The molecule has 0 aliphatic rings. The summed E-state index contributed by atoms with van der Waals surface area (Å²) in [5.74, 6) is -0.148. The summed E-state index contributed by atoms with van der Waals surface area (Å²) in [6, 6.07) is -0.749. The van der Waals surface area contributed by atoms with Crippen LogP contribution < -0.4 is 5.32 Å². The smallest absolute Gasteiger partial charge is 0.391 e. The Morgan fingerprint density at radius 1 is 0.625 bits per heavy atom. The minimum atomic E-state index is -4.29. The fourth-order valence-corrected chi connectivity index (χ4v) is 6.78. The number of phosphoric acid groups is 1. The van der Waals surface area contributed by atoms with Gasteiger partial charge in [0.05, 0.1) is 39.9 Å². The first-order valence-corrected chi connectivity index (χ1v) is 21.9. The van der Waals surface area contributed by atoms with Gasteiger partial charge >= 0.3 is 7.82 Å². The van der Waals surface area contributed by atoms with Gasteiger partial charge in [-0.05, 0) is 12.8 Å². The van der Waals surface area contributed by atoms with Crippen LogP contribution in [0.15, 0.2) is 0 Å². The van der Waals surface area contributed by atoms with Crippen molar-refractivity contribution < 1.29 is 32.9 Å². The predicted molar refractivity (Wildman–Crippen MR) is 203 cm³/mol. The Labute approximate surface area is 298 Å². The summed E-state index contributed by atoms with van der Waals surface area (Å²) in [6.45, 7) is 4.81. The zero-order valence-corrected chi connectivity index (χ0v) is 33.4. The molecule has 0 rings (SSSR count). The van der Waals surface area contributed by atoms with Gasteiger partial charge in [0.25, 0.3) is 0 Å². The number of nitrogens with one attached hydrogen (secondary N) is 1. The topological polar surface area (TPSA) is 105 Å². The van der Waals surface area contributed by atoms with Crippen molar-refractivity contribution in [1.29, 1.82) is 0 Å². The van der Waals surface area contributed by atoms with E-state index in [1.165, 1.54) is 116 Å². The highest BCUT2D eigenvalue weighted by Crippen LogP contribution is 2.43. The number of aliphatic hydroxyl groups excluding tert-OH is 1. The number of hydrogen-bond donors (Lipinski definition) is 3. The molecular weight excluding hydrogens is 623 g/mol. The first kappa shape index (κ1) is 47.5. The lowest BCUT2D eigenvalue weighted by molar-refractivity contribution is -0.870. The first-order valence-electron chi connectivity index (χ1n) is 20.4. The second-order valence-corrected chi connectivity index (χ2v) is 16.8. The number of aliphatic hydroxyl groups is 1. The molecule has 3 unspecified atom stereocenters. The Morgan fingerprint density at radius 2 is 1.00 bits per heavy atom. The second kappa shape index (κ2) is 32.4. The molecule has 0 saturated heterocycles. The van der Waals surface area contributed by atoms with Crippen molar-refractivity contribution in [1.82, 2.24) is 5.32 Å². The van der Waals surface area contributed by atoms with E-state index < -0.39 is 20.0 Å². The van der Waals surface area contributed by atoms with Crippen LogP contribution in [0.3, 0.4) is 0 Å². The van der Waals surface area contributed by atoms with Crippen LogP contribution >= 0.6 is 7.82 Å². The lowest BCUT2D eigenvalue weighted by atomic mass is 10.0. The van der Waals surface area contributed by atoms with E-state index in [1.54, 1.807) is 0 Å². The predicted octanol–water partition coefficient (Wildman–Crippen LogP) is 10.6. The third-order valence-electron chi connectivity index (χ3n) is 9.36. The number of hydrogen-bond acceptors (Lipinski definition) is 5. The van der Waals surface area contributed by atoms with Crippen molar-refractivity contribution in [2.75, 3.05) is 40.9 Å². The molecule has 3 N–H and O–H groups in total. The number of unbranched alkanes of at least 4 members (excludes halogenated alkanes) is 24. The maximum absolute atomic E-state index is 12.7. The Bertz CT molecular complexity index is 763. The standard InChI is InChI=1S/C39H81N2O6P/c1-6-8-10-12-13-14-15-16-17-18-19-20-21-22-23-24-25-26-27-29-31-33-39(43)40-37(38(42)32-30-28-11-9-7-2)36-47-48(44,45)46-35-34-41(3,4)5/h37-38,42H,6-36H2,1-5H3,(H-,40,43,44,45)/p+1. The largest absolute Gasteiger partial charge is 0.472 e. The molecule has 3 atom stereocenters. The lowest BCUT2D eigenvalue weighted by Crippen LogP contribution is -2.46. The van der Waals surface area contributed by atoms with Gasteiger partial charge in [0.15, 0.2) is 0 Å². The fraction of sp³-hybridized carbons (Fsp3) is 0.974. The minimum Gasteiger partial charge on any atom is -0.391 e. The van der Waals surface area contributed by atoms with Gasteiger partial charge in [0, 0.05) is 6.42 Å². The van der Waals surface area contributed by atoms with Gasteiger partial charge < -0.3 is 19.8 Å². The quantitative estimate of drug-likeness (QED) is 0.0338. The highest BCUT2D eigenvalue weighted by Gasteiger charge is 2.28. The molecule has 288 valence electrons. The number of quaternary nitrogens is 1. The average Bonchev–Trinajstić information content (AvgIpc) is 3.02. The minimum absolute atomic E-state index is 0.0771. The maximum atomic E-state index is 12.7. The molecule has 48 heavy (non-hydrogen) atoms. The van der Waals surface area contributed by atoms with Crippen LogP contribution in [0.2, 0.25) is 0 Å². The third-order valence-corrected chi connectivity index (χ3v) is 10.3. The van der Waals surface area contributed by atoms with Crippen molar-refractivity contribution in [3.8, 4) is 0 Å². The molecule has 0 aromatic rings. The van der Waals surface area contributed by atoms with Crippen LogP contribution in [0, 0.1) is 0 Å². The molecule has 0 aromatic heterocycles. The van der Waals surface area contributed by atoms with E-state index in [0.29, 0.717) is 23.9 Å². The molecular formula is C39H82N2O6P+. The van der Waals surface area contributed by atoms with Crippen molar-refractivity contribution in [2.45, 2.75) is 206 Å². The van der Waals surface area contributed by atoms with E-state index in [2.05, 4.69) is 19.2 Å². The van der Waals surface area contributed by atoms with Gasteiger partial charge in [-0.2, -0.15) is 0 Å². The first-order chi connectivity index (χ1) is 23.0. The number of phosphoric ester groups is 1. The monoisotopic (exact) mass is 706 g/mol. The van der Waals surface area contributed by atoms with Gasteiger partial charge in [0.2, 0.25) is 5.91 Å². The summed E-state index contributed by atoms with van der Waals surface area (Å²) in [4.78, 5) is 22.9. The van der Waals surface area contributed by atoms with Gasteiger partial charge in [-0.25, -0.2) is 4.57 Å². The molecule has 9 heteroatoms. The molecule has 0 saturated carbocycles. The number of likely N-dealkylation sites (N-methyl/N-ethyl adjacent to an activating group) is 1. The maximum Gasteiger partial charge on any atom is 0.472 e. The highest BCUT2D eigenvalue weighted by atomic mass is 31.2. The molecule has 1 amide bonds. The van der Waals surface area contributed by atoms with Crippen LogP contribution in [0.4, 0.5) is 0 Å². The molecule has 0 aliphatic carbocycles. The van der Waals surface area contributed by atoms with E-state index in [-0.39, 0.29) is 19.1 Å². The molecule has 0 aromatic carbocycles. The highest BCUT2D eigenvalue weighted by molar-refractivity contribution is 7.47. The number of carbonyl (C=O) groups is 1. The summed E-state index contributed by atoms with van der Waals surface area (Å²) in [6.07, 6.45) is 33.1. The molecule has 0 aliphatic heterocycles. The van der Waals surface area contributed by atoms with Gasteiger partial charge in [-0.1, -0.05) is 174 Å². The zero-order chi connectivity index (χ0) is 35.8. The Balaban J connectivity index is 4.04. The lowest BCUT2D eigenvalue weighted by Gasteiger charge is -2.26. The summed E-state index contributed by atoms with van der Waals surface area (Å²) in [5, 5.41) is 13.7. The SMILES string of the molecule is CCCCCCCCCCCCCCCCCCCCCCCC(=O)NC(COP(=O)(O)OCC[N+](C)(C)C)C(O)CCCCCCC. The van der Waals surface area contributed by atoms with Crippen LogP contribution in [0.25, 0.3) is 0 Å². The zero-order valence-electron chi connectivity index (χ0n) is 32.5. The van der Waals surface area contributed by atoms with Crippen LogP contribution in [-0.4, -0.2) is 73.4 Å². The normalized spacial score (nSPS) is 14.6. The van der Waals surface area contributed by atoms with Gasteiger partial charge in [-0.15, -0.1) is 0 Å². The number of carbonyl (C=O) groups excluding carboxylic acids is 1. The molecule has 8 nitrogen and oxygen atoms in total. The van der Waals surface area contributed by atoms with Crippen LogP contribution in [0.5, 0.6) is 0 Å². The van der Waals surface area contributed by atoms with E-state index >= 15 is 0 Å². The second-order valence-electron chi connectivity index (χ2n) is 15.4. The van der Waals surface area contributed by atoms with Crippen molar-refractivity contribution >= 4 is 13.7 Å². The van der Waals surface area contributed by atoms with Crippen molar-refractivity contribution in [3.05, 3.63) is 0 Å². The van der Waals surface area contributed by atoms with Crippen molar-refractivity contribution in [3.63, 3.8) is 0 Å². The molecule has 0 bridgehead atoms. The average molecular weight is 706 g/mol. The number of nitrogens with zero attached hydrogens (tertiary/aromatic N) is 1. The third kappa shape index (κ3) is 34.0. The van der Waals surface area contributed by atoms with E-state index in [0.717, 1.165) is 51.4 Å². The van der Waals surface area contributed by atoms with Crippen molar-refractivity contribution in [2.24, 2.45) is 0 Å². The number of amides is 1. The summed E-state index contributed by atoms with van der Waals surface area (Å²) >= 11 is 0. The number of rotatable bonds is 37. The Kier molecular flexibility index (Phi) is 32.1. The summed E-state index contributed by atoms with van der Waals surface area (Å²) < 4.78 is 23.4. The Hall–Kier alpha value is -0.500. The molecule has 0 fully saturated rings. The fourth-order valence-electron chi connectivity index (χ4n) is 6.05. The molecule has 0 heterocycles. The molecule has 0 spiro atoms. The van der Waals surface area contributed by atoms with Gasteiger partial charge in [0.1, 0.15) is 13.2 Å². The summed E-state index contributed by atoms with van der Waals surface area (Å²) in [7, 11) is 1.62. The van der Waals surface area contributed by atoms with E-state index in [1.807, 2.05) is 21.1 Å². The van der Waals surface area contributed by atoms with E-state index in [9.17, 15) is 19.4 Å².